The highest BCUT2D eigenvalue weighted by Crippen LogP contribution is 2.28. The molecule has 0 radical (unpaired) electrons. The third kappa shape index (κ3) is 4.24. The Hall–Kier alpha value is -2.15. The summed E-state index contributed by atoms with van der Waals surface area (Å²) < 4.78 is 7.79. The van der Waals surface area contributed by atoms with E-state index < -0.39 is 5.60 Å². The van der Waals surface area contributed by atoms with E-state index in [0.717, 1.165) is 49.5 Å². The first-order valence-electron chi connectivity index (χ1n) is 9.13. The van der Waals surface area contributed by atoms with Gasteiger partial charge in [0.25, 0.3) is 0 Å². The van der Waals surface area contributed by atoms with Gasteiger partial charge in [0.05, 0.1) is 24.2 Å². The minimum atomic E-state index is -0.679. The zero-order valence-corrected chi connectivity index (χ0v) is 16.1. The largest absolute Gasteiger partial charge is 0.441 e. The van der Waals surface area contributed by atoms with Crippen molar-refractivity contribution in [1.29, 1.82) is 0 Å². The van der Waals surface area contributed by atoms with Gasteiger partial charge in [0.15, 0.2) is 0 Å². The molecule has 142 valence electrons. The van der Waals surface area contributed by atoms with Crippen LogP contribution in [0.5, 0.6) is 0 Å². The Morgan fingerprint density at radius 2 is 2.11 bits per heavy atom. The zero-order valence-electron chi connectivity index (χ0n) is 15.3. The van der Waals surface area contributed by atoms with Crippen LogP contribution in [0.2, 0.25) is 5.02 Å². The molecule has 0 bridgehead atoms. The molecule has 0 spiro atoms. The van der Waals surface area contributed by atoms with Crippen molar-refractivity contribution in [2.24, 2.45) is 0 Å². The predicted octanol–water partition coefficient (Wildman–Crippen LogP) is 3.53. The lowest BCUT2D eigenvalue weighted by Crippen LogP contribution is -2.46. The fourth-order valence-corrected chi connectivity index (χ4v) is 3.73. The molecule has 3 heterocycles. The van der Waals surface area contributed by atoms with E-state index in [1.54, 1.807) is 12.5 Å². The normalized spacial score (nSPS) is 17.3. The van der Waals surface area contributed by atoms with E-state index in [9.17, 15) is 5.11 Å². The second-order valence-electron chi connectivity index (χ2n) is 7.27. The first-order valence-corrected chi connectivity index (χ1v) is 9.51. The maximum absolute atomic E-state index is 10.8. The topological polar surface area (TPSA) is 67.3 Å². The number of oxazole rings is 1. The van der Waals surface area contributed by atoms with Crippen LogP contribution in [0, 0.1) is 6.92 Å². The monoisotopic (exact) mass is 386 g/mol. The third-order valence-electron chi connectivity index (χ3n) is 5.16. The average Bonchev–Trinajstić information content (AvgIpc) is 3.27. The lowest BCUT2D eigenvalue weighted by Gasteiger charge is -2.38. The summed E-state index contributed by atoms with van der Waals surface area (Å²) in [4.78, 5) is 11.0. The van der Waals surface area contributed by atoms with Crippen LogP contribution >= 0.6 is 11.6 Å². The molecular weight excluding hydrogens is 364 g/mol. The average molecular weight is 387 g/mol. The molecule has 1 N–H and O–H groups in total. The van der Waals surface area contributed by atoms with Crippen LogP contribution in [0.25, 0.3) is 11.5 Å². The second kappa shape index (κ2) is 7.46. The molecule has 4 rings (SSSR count). The molecule has 0 saturated carbocycles. The van der Waals surface area contributed by atoms with Crippen LogP contribution in [0.4, 0.5) is 0 Å². The molecule has 1 saturated heterocycles. The summed E-state index contributed by atoms with van der Waals surface area (Å²) in [5.74, 6) is 1.42. The summed E-state index contributed by atoms with van der Waals surface area (Å²) in [7, 11) is 0. The number of rotatable bonds is 5. The van der Waals surface area contributed by atoms with Gasteiger partial charge in [-0.2, -0.15) is 0 Å². The van der Waals surface area contributed by atoms with Crippen molar-refractivity contribution in [3.05, 3.63) is 59.5 Å². The van der Waals surface area contributed by atoms with E-state index in [1.807, 2.05) is 42.0 Å². The molecule has 1 aromatic carbocycles. The summed E-state index contributed by atoms with van der Waals surface area (Å²) in [6.45, 7) is 4.89. The first kappa shape index (κ1) is 18.2. The van der Waals surface area contributed by atoms with E-state index in [2.05, 4.69) is 14.9 Å². The van der Waals surface area contributed by atoms with Crippen LogP contribution < -0.4 is 0 Å². The van der Waals surface area contributed by atoms with Gasteiger partial charge in [-0.3, -0.25) is 4.90 Å². The van der Waals surface area contributed by atoms with Crippen molar-refractivity contribution in [2.45, 2.75) is 38.5 Å². The SMILES string of the molecule is Cc1oc(-c2cccc(Cl)c2)nc1CN1CCC(O)(Cn2ccnc2)CC1. The number of hydrogen-bond donors (Lipinski definition) is 1. The molecule has 1 aliphatic heterocycles. The van der Waals surface area contributed by atoms with Crippen molar-refractivity contribution in [3.8, 4) is 11.5 Å². The van der Waals surface area contributed by atoms with Crippen molar-refractivity contribution in [2.75, 3.05) is 13.1 Å². The molecule has 0 atom stereocenters. The molecule has 3 aromatic rings. The lowest BCUT2D eigenvalue weighted by atomic mass is 9.91. The van der Waals surface area contributed by atoms with Gasteiger partial charge >= 0.3 is 0 Å². The van der Waals surface area contributed by atoms with E-state index in [1.165, 1.54) is 0 Å². The van der Waals surface area contributed by atoms with Crippen LogP contribution in [-0.2, 0) is 13.1 Å². The third-order valence-corrected chi connectivity index (χ3v) is 5.40. The van der Waals surface area contributed by atoms with Crippen LogP contribution in [0.3, 0.4) is 0 Å². The Kier molecular flexibility index (Phi) is 5.04. The molecule has 27 heavy (non-hydrogen) atoms. The summed E-state index contributed by atoms with van der Waals surface area (Å²) >= 11 is 6.07. The van der Waals surface area contributed by atoms with Crippen molar-refractivity contribution < 1.29 is 9.52 Å². The number of nitrogens with zero attached hydrogens (tertiary/aromatic N) is 4. The van der Waals surface area contributed by atoms with Crippen molar-refractivity contribution in [1.82, 2.24) is 19.4 Å². The minimum Gasteiger partial charge on any atom is -0.441 e. The van der Waals surface area contributed by atoms with E-state index in [0.29, 0.717) is 17.5 Å². The number of aliphatic hydroxyl groups is 1. The van der Waals surface area contributed by atoms with Gasteiger partial charge in [0.2, 0.25) is 5.89 Å². The Balaban J connectivity index is 1.39. The maximum Gasteiger partial charge on any atom is 0.226 e. The minimum absolute atomic E-state index is 0.586. The smallest absolute Gasteiger partial charge is 0.226 e. The van der Waals surface area contributed by atoms with Gasteiger partial charge in [-0.15, -0.1) is 0 Å². The molecular formula is C20H23ClN4O2. The number of aryl methyl sites for hydroxylation is 1. The van der Waals surface area contributed by atoms with Crippen LogP contribution in [0.15, 0.2) is 47.4 Å². The highest BCUT2D eigenvalue weighted by molar-refractivity contribution is 6.30. The Morgan fingerprint density at radius 1 is 1.30 bits per heavy atom. The number of aromatic nitrogens is 3. The van der Waals surface area contributed by atoms with E-state index in [4.69, 9.17) is 16.0 Å². The molecule has 7 heteroatoms. The van der Waals surface area contributed by atoms with Gasteiger partial charge < -0.3 is 14.1 Å². The number of benzene rings is 1. The van der Waals surface area contributed by atoms with Crippen LogP contribution in [-0.4, -0.2) is 43.2 Å². The predicted molar refractivity (Wildman–Crippen MR) is 103 cm³/mol. The highest BCUT2D eigenvalue weighted by atomic mass is 35.5. The number of imidazole rings is 1. The lowest BCUT2D eigenvalue weighted by molar-refractivity contribution is -0.0360. The molecule has 6 nitrogen and oxygen atoms in total. The fourth-order valence-electron chi connectivity index (χ4n) is 3.54. The molecule has 0 aliphatic carbocycles. The Morgan fingerprint density at radius 3 is 2.81 bits per heavy atom. The summed E-state index contributed by atoms with van der Waals surface area (Å²) in [5, 5.41) is 11.5. The van der Waals surface area contributed by atoms with Crippen molar-refractivity contribution in [3.63, 3.8) is 0 Å². The number of halogens is 1. The molecule has 1 fully saturated rings. The van der Waals surface area contributed by atoms with Gasteiger partial charge in [0, 0.05) is 42.6 Å². The fraction of sp³-hybridized carbons (Fsp3) is 0.400. The summed E-state index contributed by atoms with van der Waals surface area (Å²) in [5.41, 5.74) is 1.14. The van der Waals surface area contributed by atoms with Crippen LogP contribution in [0.1, 0.15) is 24.3 Å². The number of hydrogen-bond acceptors (Lipinski definition) is 5. The quantitative estimate of drug-likeness (QED) is 0.726. The Labute approximate surface area is 163 Å². The maximum atomic E-state index is 10.8. The van der Waals surface area contributed by atoms with Gasteiger partial charge in [-0.05, 0) is 38.0 Å². The van der Waals surface area contributed by atoms with E-state index >= 15 is 0 Å². The second-order valence-corrected chi connectivity index (χ2v) is 7.70. The highest BCUT2D eigenvalue weighted by Gasteiger charge is 2.33. The molecule has 0 amide bonds. The van der Waals surface area contributed by atoms with Crippen molar-refractivity contribution >= 4 is 11.6 Å². The molecule has 2 aromatic heterocycles. The van der Waals surface area contributed by atoms with Gasteiger partial charge in [-0.25, -0.2) is 9.97 Å². The summed E-state index contributed by atoms with van der Waals surface area (Å²) in [6.07, 6.45) is 6.83. The van der Waals surface area contributed by atoms with Gasteiger partial charge in [0.1, 0.15) is 5.76 Å². The standard InChI is InChI=1S/C20H23ClN4O2/c1-15-18(23-19(27-15)16-3-2-4-17(21)11-16)12-24-8-5-20(26,6-9-24)13-25-10-7-22-14-25/h2-4,7,10-11,14,26H,5-6,8-9,12-13H2,1H3. The number of likely N-dealkylation sites (tertiary alicyclic amines) is 1. The van der Waals surface area contributed by atoms with Gasteiger partial charge in [-0.1, -0.05) is 17.7 Å². The summed E-state index contributed by atoms with van der Waals surface area (Å²) in [6, 6.07) is 7.52. The zero-order chi connectivity index (χ0) is 18.9. The molecule has 0 unspecified atom stereocenters. The number of piperidine rings is 1. The first-order chi connectivity index (χ1) is 13.0. The Bertz CT molecular complexity index is 899. The van der Waals surface area contributed by atoms with E-state index in [-0.39, 0.29) is 0 Å². The molecule has 1 aliphatic rings.